The van der Waals surface area contributed by atoms with Crippen LogP contribution in [0.4, 0.5) is 11.4 Å². The van der Waals surface area contributed by atoms with Crippen LogP contribution in [-0.4, -0.2) is 36.6 Å². The van der Waals surface area contributed by atoms with Crippen molar-refractivity contribution in [1.82, 2.24) is 0 Å². The highest BCUT2D eigenvalue weighted by Crippen LogP contribution is 2.28. The van der Waals surface area contributed by atoms with Gasteiger partial charge < -0.3 is 29.6 Å². The molecule has 0 unspecified atom stereocenters. The maximum Gasteiger partial charge on any atom is 0.341 e. The highest BCUT2D eigenvalue weighted by molar-refractivity contribution is 6.02. The molecule has 3 rings (SSSR count). The van der Waals surface area contributed by atoms with Crippen LogP contribution in [0.15, 0.2) is 65.3 Å². The lowest BCUT2D eigenvalue weighted by atomic mass is 10.1. The first kappa shape index (κ1) is 20.5. The molecule has 1 heterocycles. The van der Waals surface area contributed by atoms with Crippen molar-refractivity contribution in [2.45, 2.75) is 0 Å². The Bertz CT molecular complexity index is 1060. The van der Waals surface area contributed by atoms with E-state index in [4.69, 9.17) is 9.15 Å². The van der Waals surface area contributed by atoms with Gasteiger partial charge in [-0.25, -0.2) is 4.79 Å². The van der Waals surface area contributed by atoms with Crippen molar-refractivity contribution in [3.05, 3.63) is 72.2 Å². The standard InChI is InChI=1S/C21H18N2O7/c1-28-21(27)15-7-3-8-16(19(15)25)23-18(24)12-30-14-6-2-5-13(11-14)22-20(26)17-9-4-10-29-17/h2-11,25H,12H2,1H3,(H,22,26)(H,23,24). The maximum atomic E-state index is 12.2. The molecule has 0 atom stereocenters. The number of phenols is 1. The highest BCUT2D eigenvalue weighted by atomic mass is 16.5. The molecule has 1 aromatic heterocycles. The van der Waals surface area contributed by atoms with E-state index >= 15 is 0 Å². The third-order valence-corrected chi connectivity index (χ3v) is 3.92. The number of aromatic hydroxyl groups is 1. The summed E-state index contributed by atoms with van der Waals surface area (Å²) >= 11 is 0. The van der Waals surface area contributed by atoms with Gasteiger partial charge in [0.2, 0.25) is 0 Å². The van der Waals surface area contributed by atoms with Crippen molar-refractivity contribution in [2.24, 2.45) is 0 Å². The van der Waals surface area contributed by atoms with E-state index in [0.717, 1.165) is 0 Å². The van der Waals surface area contributed by atoms with E-state index in [0.29, 0.717) is 11.4 Å². The smallest absolute Gasteiger partial charge is 0.341 e. The van der Waals surface area contributed by atoms with Crippen molar-refractivity contribution in [3.8, 4) is 11.5 Å². The van der Waals surface area contributed by atoms with Gasteiger partial charge in [-0.1, -0.05) is 12.1 Å². The SMILES string of the molecule is COC(=O)c1cccc(NC(=O)COc2cccc(NC(=O)c3ccco3)c2)c1O. The Hall–Kier alpha value is -4.27. The van der Waals surface area contributed by atoms with Crippen LogP contribution < -0.4 is 15.4 Å². The van der Waals surface area contributed by atoms with Crippen LogP contribution in [-0.2, 0) is 9.53 Å². The molecule has 2 amide bonds. The molecule has 0 spiro atoms. The predicted molar refractivity (Wildman–Crippen MR) is 107 cm³/mol. The molecule has 2 aromatic carbocycles. The zero-order chi connectivity index (χ0) is 21.5. The normalized spacial score (nSPS) is 10.2. The molecule has 3 aromatic rings. The average Bonchev–Trinajstić information content (AvgIpc) is 3.29. The van der Waals surface area contributed by atoms with Crippen LogP contribution >= 0.6 is 0 Å². The molecule has 3 N–H and O–H groups in total. The number of ether oxygens (including phenoxy) is 2. The molecule has 30 heavy (non-hydrogen) atoms. The number of methoxy groups -OCH3 is 1. The molecule has 0 radical (unpaired) electrons. The number of phenolic OH excluding ortho intramolecular Hbond substituents is 1. The third kappa shape index (κ3) is 4.96. The second-order valence-corrected chi connectivity index (χ2v) is 5.99. The number of carbonyl (C=O) groups is 3. The number of anilines is 2. The number of furan rings is 1. The number of para-hydroxylation sites is 1. The maximum absolute atomic E-state index is 12.2. The summed E-state index contributed by atoms with van der Waals surface area (Å²) in [5, 5.41) is 15.2. The number of esters is 1. The fourth-order valence-electron chi connectivity index (χ4n) is 2.52. The number of nitrogens with one attached hydrogen (secondary N) is 2. The third-order valence-electron chi connectivity index (χ3n) is 3.92. The van der Waals surface area contributed by atoms with Gasteiger partial charge in [-0.05, 0) is 36.4 Å². The Morgan fingerprint density at radius 1 is 1.03 bits per heavy atom. The first-order valence-electron chi connectivity index (χ1n) is 8.76. The number of hydrogen-bond donors (Lipinski definition) is 3. The predicted octanol–water partition coefficient (Wildman–Crippen LogP) is 3.04. The van der Waals surface area contributed by atoms with E-state index < -0.39 is 23.5 Å². The Kier molecular flexibility index (Phi) is 6.33. The first-order chi connectivity index (χ1) is 14.5. The summed E-state index contributed by atoms with van der Waals surface area (Å²) in [6.45, 7) is -0.364. The minimum atomic E-state index is -0.728. The Morgan fingerprint density at radius 3 is 2.57 bits per heavy atom. The van der Waals surface area contributed by atoms with E-state index in [1.54, 1.807) is 30.3 Å². The minimum Gasteiger partial charge on any atom is -0.505 e. The zero-order valence-electron chi connectivity index (χ0n) is 15.9. The highest BCUT2D eigenvalue weighted by Gasteiger charge is 2.16. The molecular weight excluding hydrogens is 392 g/mol. The van der Waals surface area contributed by atoms with Crippen molar-refractivity contribution >= 4 is 29.2 Å². The van der Waals surface area contributed by atoms with Gasteiger partial charge in [0.05, 0.1) is 19.1 Å². The Balaban J connectivity index is 1.59. The Labute approximate surface area is 171 Å². The van der Waals surface area contributed by atoms with Gasteiger partial charge in [-0.15, -0.1) is 0 Å². The lowest BCUT2D eigenvalue weighted by Gasteiger charge is -2.11. The fourth-order valence-corrected chi connectivity index (χ4v) is 2.52. The number of rotatable bonds is 7. The summed E-state index contributed by atoms with van der Waals surface area (Å²) < 4.78 is 15.0. The van der Waals surface area contributed by atoms with E-state index in [-0.39, 0.29) is 23.6 Å². The molecule has 9 heteroatoms. The summed E-state index contributed by atoms with van der Waals surface area (Å²) in [5.74, 6) is -1.61. The van der Waals surface area contributed by atoms with Crippen LogP contribution in [0.25, 0.3) is 0 Å². The summed E-state index contributed by atoms with van der Waals surface area (Å²) in [4.78, 5) is 35.8. The van der Waals surface area contributed by atoms with Gasteiger partial charge in [0, 0.05) is 11.8 Å². The van der Waals surface area contributed by atoms with Crippen molar-refractivity contribution < 1.29 is 33.4 Å². The largest absolute Gasteiger partial charge is 0.505 e. The summed E-state index contributed by atoms with van der Waals surface area (Å²) in [7, 11) is 1.19. The van der Waals surface area contributed by atoms with Gasteiger partial charge in [0.1, 0.15) is 11.3 Å². The molecule has 0 aliphatic heterocycles. The van der Waals surface area contributed by atoms with E-state index in [1.165, 1.54) is 37.6 Å². The molecule has 0 bridgehead atoms. The van der Waals surface area contributed by atoms with Crippen molar-refractivity contribution in [3.63, 3.8) is 0 Å². The minimum absolute atomic E-state index is 0.0472. The molecule has 9 nitrogen and oxygen atoms in total. The van der Waals surface area contributed by atoms with Gasteiger partial charge in [-0.3, -0.25) is 9.59 Å². The topological polar surface area (TPSA) is 127 Å². The van der Waals surface area contributed by atoms with E-state index in [1.807, 2.05) is 0 Å². The van der Waals surface area contributed by atoms with Crippen LogP contribution in [0.5, 0.6) is 11.5 Å². The molecule has 0 aliphatic carbocycles. The lowest BCUT2D eigenvalue weighted by Crippen LogP contribution is -2.20. The molecule has 0 saturated carbocycles. The van der Waals surface area contributed by atoms with Gasteiger partial charge in [0.15, 0.2) is 18.1 Å². The fraction of sp³-hybridized carbons (Fsp3) is 0.0952. The number of amides is 2. The molecule has 0 aliphatic rings. The summed E-state index contributed by atoms with van der Waals surface area (Å²) in [5.41, 5.74) is 0.430. The van der Waals surface area contributed by atoms with Gasteiger partial charge >= 0.3 is 5.97 Å². The number of benzene rings is 2. The first-order valence-corrected chi connectivity index (χ1v) is 8.76. The number of hydrogen-bond acceptors (Lipinski definition) is 7. The zero-order valence-corrected chi connectivity index (χ0v) is 15.9. The van der Waals surface area contributed by atoms with E-state index in [9.17, 15) is 19.5 Å². The summed E-state index contributed by atoms with van der Waals surface area (Å²) in [6, 6.07) is 13.9. The van der Waals surface area contributed by atoms with E-state index in [2.05, 4.69) is 15.4 Å². The van der Waals surface area contributed by atoms with Crippen LogP contribution in [0.1, 0.15) is 20.9 Å². The van der Waals surface area contributed by atoms with Gasteiger partial charge in [-0.2, -0.15) is 0 Å². The monoisotopic (exact) mass is 410 g/mol. The number of carbonyl (C=O) groups excluding carboxylic acids is 3. The van der Waals surface area contributed by atoms with Crippen LogP contribution in [0.2, 0.25) is 0 Å². The Morgan fingerprint density at radius 2 is 1.83 bits per heavy atom. The average molecular weight is 410 g/mol. The van der Waals surface area contributed by atoms with Crippen LogP contribution in [0.3, 0.4) is 0 Å². The lowest BCUT2D eigenvalue weighted by molar-refractivity contribution is -0.118. The summed E-state index contributed by atoms with van der Waals surface area (Å²) in [6.07, 6.45) is 1.39. The van der Waals surface area contributed by atoms with Crippen molar-refractivity contribution in [1.29, 1.82) is 0 Å². The van der Waals surface area contributed by atoms with Crippen molar-refractivity contribution in [2.75, 3.05) is 24.4 Å². The van der Waals surface area contributed by atoms with Crippen LogP contribution in [0, 0.1) is 0 Å². The molecule has 0 saturated heterocycles. The second kappa shape index (κ2) is 9.28. The molecule has 0 fully saturated rings. The molecule has 154 valence electrons. The molecular formula is C21H18N2O7. The second-order valence-electron chi connectivity index (χ2n) is 5.99. The van der Waals surface area contributed by atoms with Gasteiger partial charge in [0.25, 0.3) is 11.8 Å². The quantitative estimate of drug-likeness (QED) is 0.403.